The molecule has 55 valence electrons. The van der Waals surface area contributed by atoms with Crippen LogP contribution in [0.15, 0.2) is 24.3 Å². The maximum atomic E-state index is 5.28. The van der Waals surface area contributed by atoms with Gasteiger partial charge in [0.1, 0.15) is 5.56 Å². The number of hydrogen-bond donors (Lipinski definition) is 0. The van der Waals surface area contributed by atoms with Gasteiger partial charge in [-0.05, 0) is 12.1 Å². The standard InChI is InChI=1S/C8H7O2Si/c1-6-7-4-2-3-5-8(7)10-11-9-6/h2-5H,1H3. The molecule has 0 fully saturated rings. The highest BCUT2D eigenvalue weighted by Gasteiger charge is 2.13. The molecule has 0 bridgehead atoms. The van der Waals surface area contributed by atoms with E-state index < -0.39 is 0 Å². The lowest BCUT2D eigenvalue weighted by atomic mass is 10.1. The topological polar surface area (TPSA) is 20.5 Å². The van der Waals surface area contributed by atoms with E-state index in [1.165, 1.54) is 0 Å². The van der Waals surface area contributed by atoms with Gasteiger partial charge in [0, 0.05) is 6.92 Å². The molecule has 0 saturated carbocycles. The lowest BCUT2D eigenvalue weighted by Gasteiger charge is -2.14. The third kappa shape index (κ3) is 1.07. The fourth-order valence-electron chi connectivity index (χ4n) is 1.03. The summed E-state index contributed by atoms with van der Waals surface area (Å²) in [7, 11) is 0.112. The van der Waals surface area contributed by atoms with Crippen molar-refractivity contribution < 1.29 is 8.54 Å². The molecular formula is C8H7O2Si. The highest BCUT2D eigenvalue weighted by Crippen LogP contribution is 2.20. The van der Waals surface area contributed by atoms with Crippen LogP contribution in [0.5, 0.6) is 5.75 Å². The Bertz CT molecular complexity index is 307. The van der Waals surface area contributed by atoms with Crippen molar-refractivity contribution in [3.05, 3.63) is 29.8 Å². The van der Waals surface area contributed by atoms with E-state index in [2.05, 4.69) is 0 Å². The van der Waals surface area contributed by atoms with Crippen LogP contribution in [0.2, 0.25) is 0 Å². The van der Waals surface area contributed by atoms with Crippen LogP contribution < -0.4 is 4.43 Å². The summed E-state index contributed by atoms with van der Waals surface area (Å²) in [5.41, 5.74) is 1.06. The first kappa shape index (κ1) is 6.61. The molecule has 1 aliphatic rings. The van der Waals surface area contributed by atoms with Crippen molar-refractivity contribution in [2.45, 2.75) is 6.92 Å². The summed E-state index contributed by atoms with van der Waals surface area (Å²) >= 11 is 0. The second-order valence-corrected chi connectivity index (χ2v) is 2.91. The van der Waals surface area contributed by atoms with Gasteiger partial charge < -0.3 is 8.54 Å². The van der Waals surface area contributed by atoms with Crippen LogP contribution in [-0.4, -0.2) is 15.8 Å². The van der Waals surface area contributed by atoms with Crippen molar-refractivity contribution in [2.75, 3.05) is 0 Å². The van der Waals surface area contributed by atoms with Gasteiger partial charge in [-0.3, -0.25) is 0 Å². The Morgan fingerprint density at radius 2 is 2.18 bits per heavy atom. The molecule has 11 heavy (non-hydrogen) atoms. The fourth-order valence-corrected chi connectivity index (χ4v) is 1.57. The first-order valence-corrected chi connectivity index (χ1v) is 4.21. The van der Waals surface area contributed by atoms with Gasteiger partial charge in [-0.1, -0.05) is 12.1 Å². The number of ketones is 1. The molecular weight excluding hydrogens is 156 g/mol. The zero-order valence-corrected chi connectivity index (χ0v) is 7.13. The van der Waals surface area contributed by atoms with Gasteiger partial charge in [-0.25, -0.2) is 0 Å². The van der Waals surface area contributed by atoms with Crippen LogP contribution in [0.3, 0.4) is 0 Å². The van der Waals surface area contributed by atoms with Crippen LogP contribution in [-0.2, 0) is 0 Å². The van der Waals surface area contributed by atoms with Crippen molar-refractivity contribution in [3.63, 3.8) is 0 Å². The molecule has 2 nitrogen and oxygen atoms in total. The Morgan fingerprint density at radius 3 is 3.00 bits per heavy atom. The molecule has 1 radical (unpaired) electrons. The molecule has 0 amide bonds. The molecule has 1 aliphatic heterocycles. The molecule has 0 aromatic heterocycles. The summed E-state index contributed by atoms with van der Waals surface area (Å²) in [4.78, 5) is 0. The van der Waals surface area contributed by atoms with Crippen molar-refractivity contribution in [2.24, 2.45) is 0 Å². The van der Waals surface area contributed by atoms with Gasteiger partial charge in [-0.2, -0.15) is 0 Å². The Labute approximate surface area is 67.6 Å². The Hall–Kier alpha value is -1.09. The summed E-state index contributed by atoms with van der Waals surface area (Å²) < 4.78 is 10.5. The van der Waals surface area contributed by atoms with Crippen LogP contribution in [0, 0.1) is 0 Å². The predicted molar refractivity (Wildman–Crippen MR) is 42.8 cm³/mol. The maximum Gasteiger partial charge on any atom is 0.424 e. The number of benzene rings is 1. The molecule has 0 N–H and O–H groups in total. The fraction of sp³-hybridized carbons (Fsp3) is 0.125. The molecule has 2 rings (SSSR count). The highest BCUT2D eigenvalue weighted by atomic mass is 28.2. The summed E-state index contributed by atoms with van der Waals surface area (Å²) in [6, 6.07) is 7.88. The predicted octanol–water partition coefficient (Wildman–Crippen LogP) is 1.35. The number of rotatable bonds is 0. The van der Waals surface area contributed by atoms with Crippen molar-refractivity contribution in [1.82, 2.24) is 0 Å². The van der Waals surface area contributed by atoms with Crippen molar-refractivity contribution >= 4 is 15.8 Å². The lowest BCUT2D eigenvalue weighted by molar-refractivity contribution is -0.102. The van der Waals surface area contributed by atoms with Crippen LogP contribution in [0.25, 0.3) is 0 Å². The second-order valence-electron chi connectivity index (χ2n) is 2.34. The Kier molecular flexibility index (Phi) is 1.51. The quantitative estimate of drug-likeness (QED) is 0.417. The number of para-hydroxylation sites is 1. The number of fused-ring (bicyclic) bond motifs is 1. The van der Waals surface area contributed by atoms with E-state index in [0.717, 1.165) is 17.1 Å². The van der Waals surface area contributed by atoms with E-state index in [4.69, 9.17) is 8.54 Å². The van der Waals surface area contributed by atoms with E-state index in [0.29, 0.717) is 0 Å². The van der Waals surface area contributed by atoms with Crippen molar-refractivity contribution in [3.8, 4) is 5.75 Å². The minimum Gasteiger partial charge on any atom is -0.629 e. The van der Waals surface area contributed by atoms with E-state index in [-0.39, 0.29) is 10.0 Å². The van der Waals surface area contributed by atoms with E-state index >= 15 is 0 Å². The molecule has 0 atom stereocenters. The second kappa shape index (κ2) is 2.51. The van der Waals surface area contributed by atoms with Crippen LogP contribution in [0.4, 0.5) is 0 Å². The summed E-state index contributed by atoms with van der Waals surface area (Å²) in [5, 5.41) is 0. The third-order valence-corrected chi connectivity index (χ3v) is 2.31. The van der Waals surface area contributed by atoms with Gasteiger partial charge in [0.25, 0.3) is 5.78 Å². The minimum absolute atomic E-state index is 0.112. The van der Waals surface area contributed by atoms with Gasteiger partial charge in [0.15, 0.2) is 0 Å². The van der Waals surface area contributed by atoms with E-state index in [9.17, 15) is 0 Å². The molecule has 0 saturated heterocycles. The van der Waals surface area contributed by atoms with E-state index in [1.54, 1.807) is 0 Å². The zero-order chi connectivity index (χ0) is 7.68. The minimum atomic E-state index is 0.112. The molecule has 1 aromatic rings. The van der Waals surface area contributed by atoms with E-state index in [1.807, 2.05) is 31.2 Å². The normalized spacial score (nSPS) is 14.1. The Balaban J connectivity index is 2.56. The molecule has 3 heteroatoms. The smallest absolute Gasteiger partial charge is 0.424 e. The molecule has 0 aliphatic carbocycles. The van der Waals surface area contributed by atoms with Gasteiger partial charge in [0.2, 0.25) is 0 Å². The first-order valence-electron chi connectivity index (χ1n) is 3.39. The molecule has 0 spiro atoms. The maximum absolute atomic E-state index is 5.28. The van der Waals surface area contributed by atoms with Gasteiger partial charge in [0.05, 0.1) is 5.75 Å². The average molecular weight is 163 g/mol. The monoisotopic (exact) mass is 163 g/mol. The highest BCUT2D eigenvalue weighted by molar-refractivity contribution is 6.21. The molecule has 0 unspecified atom stereocenters. The lowest BCUT2D eigenvalue weighted by Crippen LogP contribution is -2.13. The van der Waals surface area contributed by atoms with Crippen molar-refractivity contribution in [1.29, 1.82) is 0 Å². The van der Waals surface area contributed by atoms with Crippen LogP contribution >= 0.6 is 0 Å². The van der Waals surface area contributed by atoms with Crippen LogP contribution in [0.1, 0.15) is 16.6 Å². The zero-order valence-electron chi connectivity index (χ0n) is 6.13. The molecule has 1 heterocycles. The molecule has 1 aromatic carbocycles. The van der Waals surface area contributed by atoms with Gasteiger partial charge in [-0.15, -0.1) is 0 Å². The summed E-state index contributed by atoms with van der Waals surface area (Å²) in [6.45, 7) is 1.95. The largest absolute Gasteiger partial charge is 0.629 e. The third-order valence-electron chi connectivity index (χ3n) is 1.61. The first-order chi connectivity index (χ1) is 5.38. The number of carbonyl (C=O) groups excluding carboxylic acids is 1. The number of hydrogen-bond acceptors (Lipinski definition) is 1. The summed E-state index contributed by atoms with van der Waals surface area (Å²) in [5.74, 6) is 1.87. The Morgan fingerprint density at radius 1 is 1.36 bits per heavy atom. The average Bonchev–Trinajstić information content (AvgIpc) is 2.06. The SMILES string of the molecule is CC1=[O+][Si-]Oc2ccccc21. The van der Waals surface area contributed by atoms with Gasteiger partial charge >= 0.3 is 10.0 Å². The summed E-state index contributed by atoms with van der Waals surface area (Å²) in [6.07, 6.45) is 0.